The molecule has 1 aromatic rings. The third-order valence-corrected chi connectivity index (χ3v) is 3.36. The number of hydrogen-bond acceptors (Lipinski definition) is 2. The van der Waals surface area contributed by atoms with Crippen molar-refractivity contribution in [3.63, 3.8) is 0 Å². The van der Waals surface area contributed by atoms with E-state index in [1.54, 1.807) is 0 Å². The van der Waals surface area contributed by atoms with E-state index in [1.807, 2.05) is 13.8 Å². The van der Waals surface area contributed by atoms with Gasteiger partial charge in [0.2, 0.25) is 0 Å². The van der Waals surface area contributed by atoms with Gasteiger partial charge >= 0.3 is 12.1 Å². The second-order valence-corrected chi connectivity index (χ2v) is 4.96. The van der Waals surface area contributed by atoms with Gasteiger partial charge in [-0.05, 0) is 38.0 Å². The third-order valence-electron chi connectivity index (χ3n) is 3.36. The molecule has 112 valence electrons. The molecule has 0 radical (unpaired) electrons. The molecule has 0 saturated carbocycles. The Kier molecular flexibility index (Phi) is 4.81. The van der Waals surface area contributed by atoms with Gasteiger partial charge in [0.15, 0.2) is 0 Å². The number of rotatable bonds is 5. The van der Waals surface area contributed by atoms with Crippen LogP contribution in [0, 0.1) is 0 Å². The van der Waals surface area contributed by atoms with Crippen molar-refractivity contribution in [1.29, 1.82) is 0 Å². The first-order valence-electron chi connectivity index (χ1n) is 6.30. The van der Waals surface area contributed by atoms with E-state index in [0.717, 1.165) is 12.1 Å². The molecule has 2 N–H and O–H groups in total. The number of alkyl halides is 3. The second kappa shape index (κ2) is 5.83. The van der Waals surface area contributed by atoms with Gasteiger partial charge in [-0.15, -0.1) is 0 Å². The van der Waals surface area contributed by atoms with E-state index in [2.05, 4.69) is 5.32 Å². The molecular formula is C14H18F3NO2. The Hall–Kier alpha value is -1.56. The fourth-order valence-corrected chi connectivity index (χ4v) is 1.86. The van der Waals surface area contributed by atoms with Crippen molar-refractivity contribution in [2.75, 3.05) is 0 Å². The monoisotopic (exact) mass is 289 g/mol. The first-order chi connectivity index (χ1) is 9.11. The van der Waals surface area contributed by atoms with Gasteiger partial charge in [-0.2, -0.15) is 13.2 Å². The van der Waals surface area contributed by atoms with Crippen LogP contribution in [0.2, 0.25) is 0 Å². The number of halogens is 3. The van der Waals surface area contributed by atoms with Gasteiger partial charge in [-0.25, -0.2) is 4.79 Å². The average molecular weight is 289 g/mol. The van der Waals surface area contributed by atoms with Gasteiger partial charge < -0.3 is 5.11 Å². The maximum atomic E-state index is 12.5. The highest BCUT2D eigenvalue weighted by Gasteiger charge is 2.37. The molecule has 20 heavy (non-hydrogen) atoms. The Labute approximate surface area is 115 Å². The molecule has 0 aliphatic rings. The number of carboxylic acids is 1. The highest BCUT2D eigenvalue weighted by Crippen LogP contribution is 2.31. The minimum absolute atomic E-state index is 0.0709. The molecule has 0 heterocycles. The molecule has 0 fully saturated rings. The Bertz CT molecular complexity index is 470. The number of nitrogens with one attached hydrogen (secondary N) is 1. The minimum atomic E-state index is -4.43. The van der Waals surface area contributed by atoms with Gasteiger partial charge in [0.1, 0.15) is 5.54 Å². The summed E-state index contributed by atoms with van der Waals surface area (Å²) in [6.45, 7) is 5.17. The summed E-state index contributed by atoms with van der Waals surface area (Å²) in [5, 5.41) is 12.3. The molecule has 1 rings (SSSR count). The molecule has 0 aliphatic carbocycles. The molecule has 3 nitrogen and oxygen atoms in total. The van der Waals surface area contributed by atoms with Crippen LogP contribution in [-0.4, -0.2) is 17.1 Å². The van der Waals surface area contributed by atoms with Crippen molar-refractivity contribution in [2.24, 2.45) is 0 Å². The maximum absolute atomic E-state index is 12.5. The number of carbonyl (C=O) groups is 1. The predicted octanol–water partition coefficient (Wildman–Crippen LogP) is 3.39. The molecule has 0 aromatic heterocycles. The van der Waals surface area contributed by atoms with E-state index in [1.165, 1.54) is 19.1 Å². The molecule has 6 heteroatoms. The largest absolute Gasteiger partial charge is 0.480 e. The zero-order valence-corrected chi connectivity index (χ0v) is 11.6. The van der Waals surface area contributed by atoms with E-state index >= 15 is 0 Å². The Morgan fingerprint density at radius 1 is 1.25 bits per heavy atom. The van der Waals surface area contributed by atoms with Crippen LogP contribution in [0.25, 0.3) is 0 Å². The lowest BCUT2D eigenvalue weighted by atomic mass is 9.90. The van der Waals surface area contributed by atoms with Crippen LogP contribution in [0.1, 0.15) is 38.3 Å². The van der Waals surface area contributed by atoms with Gasteiger partial charge in [0, 0.05) is 6.04 Å². The molecule has 0 amide bonds. The van der Waals surface area contributed by atoms with Crippen LogP contribution in [0.4, 0.5) is 13.2 Å². The maximum Gasteiger partial charge on any atom is 0.416 e. The second-order valence-electron chi connectivity index (χ2n) is 4.96. The van der Waals surface area contributed by atoms with E-state index in [0.29, 0.717) is 12.0 Å². The third kappa shape index (κ3) is 3.50. The Morgan fingerprint density at radius 3 is 2.05 bits per heavy atom. The molecule has 2 unspecified atom stereocenters. The van der Waals surface area contributed by atoms with E-state index in [4.69, 9.17) is 0 Å². The van der Waals surface area contributed by atoms with Crippen LogP contribution in [-0.2, 0) is 16.5 Å². The van der Waals surface area contributed by atoms with E-state index in [-0.39, 0.29) is 6.04 Å². The molecule has 0 aliphatic heterocycles. The average Bonchev–Trinajstić information content (AvgIpc) is 2.37. The number of aliphatic carboxylic acids is 1. The quantitative estimate of drug-likeness (QED) is 0.873. The summed E-state index contributed by atoms with van der Waals surface area (Å²) in [6, 6.07) is 4.13. The molecular weight excluding hydrogens is 271 g/mol. The van der Waals surface area contributed by atoms with Gasteiger partial charge in [0.05, 0.1) is 5.56 Å². The number of carboxylic acid groups (broad SMARTS) is 1. The summed E-state index contributed by atoms with van der Waals surface area (Å²) in [7, 11) is 0. The number of hydrogen-bond donors (Lipinski definition) is 2. The summed E-state index contributed by atoms with van der Waals surface area (Å²) in [5.41, 5.74) is -1.92. The highest BCUT2D eigenvalue weighted by atomic mass is 19.4. The normalized spacial score (nSPS) is 16.5. The van der Waals surface area contributed by atoms with Crippen LogP contribution in [0.3, 0.4) is 0 Å². The van der Waals surface area contributed by atoms with Crippen molar-refractivity contribution < 1.29 is 23.1 Å². The van der Waals surface area contributed by atoms with Crippen LogP contribution < -0.4 is 5.32 Å². The molecule has 1 aromatic carbocycles. The van der Waals surface area contributed by atoms with Crippen molar-refractivity contribution in [1.82, 2.24) is 5.32 Å². The van der Waals surface area contributed by atoms with Crippen LogP contribution in [0.5, 0.6) is 0 Å². The summed E-state index contributed by atoms with van der Waals surface area (Å²) in [6.07, 6.45) is -3.72. The molecule has 0 spiro atoms. The summed E-state index contributed by atoms with van der Waals surface area (Å²) in [5.74, 6) is -1.13. The SMILES string of the molecule is CCC(C)NC(C)(C(=O)O)c1ccc(C(F)(F)F)cc1. The summed E-state index contributed by atoms with van der Waals surface area (Å²) < 4.78 is 37.5. The lowest BCUT2D eigenvalue weighted by molar-refractivity contribution is -0.145. The van der Waals surface area contributed by atoms with E-state index in [9.17, 15) is 23.1 Å². The Morgan fingerprint density at radius 2 is 1.70 bits per heavy atom. The van der Waals surface area contributed by atoms with E-state index < -0.39 is 23.2 Å². The zero-order valence-electron chi connectivity index (χ0n) is 11.6. The van der Waals surface area contributed by atoms with Crippen molar-refractivity contribution in [3.05, 3.63) is 35.4 Å². The molecule has 0 bridgehead atoms. The molecule has 0 saturated heterocycles. The standard InChI is InChI=1S/C14H18F3NO2/c1-4-9(2)18-13(3,12(19)20)10-5-7-11(8-6-10)14(15,16)17/h5-9,18H,4H2,1-3H3,(H,19,20). The van der Waals surface area contributed by atoms with Crippen LogP contribution >= 0.6 is 0 Å². The lowest BCUT2D eigenvalue weighted by Crippen LogP contribution is -2.50. The lowest BCUT2D eigenvalue weighted by Gasteiger charge is -2.30. The highest BCUT2D eigenvalue weighted by molar-refractivity contribution is 5.80. The fourth-order valence-electron chi connectivity index (χ4n) is 1.86. The predicted molar refractivity (Wildman–Crippen MR) is 69.3 cm³/mol. The Balaban J connectivity index is 3.13. The molecule has 2 atom stereocenters. The van der Waals surface area contributed by atoms with Crippen molar-refractivity contribution in [2.45, 2.75) is 44.9 Å². The van der Waals surface area contributed by atoms with Crippen molar-refractivity contribution in [3.8, 4) is 0 Å². The smallest absolute Gasteiger partial charge is 0.416 e. The minimum Gasteiger partial charge on any atom is -0.480 e. The zero-order chi connectivity index (χ0) is 15.6. The van der Waals surface area contributed by atoms with Gasteiger partial charge in [-0.1, -0.05) is 19.1 Å². The number of benzene rings is 1. The summed E-state index contributed by atoms with van der Waals surface area (Å²) in [4.78, 5) is 11.5. The van der Waals surface area contributed by atoms with Crippen LogP contribution in [0.15, 0.2) is 24.3 Å². The van der Waals surface area contributed by atoms with Crippen molar-refractivity contribution >= 4 is 5.97 Å². The summed E-state index contributed by atoms with van der Waals surface area (Å²) >= 11 is 0. The topological polar surface area (TPSA) is 49.3 Å². The van der Waals surface area contributed by atoms with Gasteiger partial charge in [0.25, 0.3) is 0 Å². The first kappa shape index (κ1) is 16.5. The fraction of sp³-hybridized carbons (Fsp3) is 0.500. The van der Waals surface area contributed by atoms with Gasteiger partial charge in [-0.3, -0.25) is 5.32 Å². The first-order valence-corrected chi connectivity index (χ1v) is 6.30.